The number of rotatable bonds is 9. The average Bonchev–Trinajstić information content (AvgIpc) is 3.10. The largest absolute Gasteiger partial charge is 0.343 e. The molecule has 4 nitrogen and oxygen atoms in total. The molecule has 0 aliphatic heterocycles. The maximum Gasteiger partial charge on any atom is 0.227 e. The number of carbonyl (C=O) groups excluding carboxylic acids is 1. The molecular weight excluding hydrogens is 370 g/mol. The number of fused-ring (bicyclic) bond motifs is 1. The summed E-state index contributed by atoms with van der Waals surface area (Å²) in [6.45, 7) is 9.14. The molecule has 30 heavy (non-hydrogen) atoms. The third kappa shape index (κ3) is 5.35. The van der Waals surface area contributed by atoms with Crippen molar-refractivity contribution in [2.24, 2.45) is 0 Å². The van der Waals surface area contributed by atoms with E-state index < -0.39 is 0 Å². The predicted octanol–water partition coefficient (Wildman–Crippen LogP) is 5.31. The molecule has 0 saturated heterocycles. The van der Waals surface area contributed by atoms with E-state index in [0.717, 1.165) is 28.6 Å². The van der Waals surface area contributed by atoms with Crippen molar-refractivity contribution in [2.75, 3.05) is 0 Å². The number of nitrogens with zero attached hydrogens (tertiary/aromatic N) is 3. The lowest BCUT2D eigenvalue weighted by atomic mass is 10.1. The van der Waals surface area contributed by atoms with Gasteiger partial charge in [0.2, 0.25) is 5.91 Å². The Labute approximate surface area is 178 Å². The van der Waals surface area contributed by atoms with Gasteiger partial charge in [-0.15, -0.1) is 0 Å². The highest BCUT2D eigenvalue weighted by Gasteiger charge is 2.20. The maximum absolute atomic E-state index is 13.2. The molecule has 1 aromatic carbocycles. The van der Waals surface area contributed by atoms with E-state index >= 15 is 0 Å². The molecule has 0 spiro atoms. The number of amides is 1. The first-order valence-electron chi connectivity index (χ1n) is 10.3. The van der Waals surface area contributed by atoms with Crippen molar-refractivity contribution in [3.63, 3.8) is 0 Å². The van der Waals surface area contributed by atoms with E-state index in [9.17, 15) is 4.79 Å². The minimum Gasteiger partial charge on any atom is -0.343 e. The Hall–Kier alpha value is -3.40. The molecule has 0 aliphatic carbocycles. The molecular formula is C26H29N3O. The second-order valence-corrected chi connectivity index (χ2v) is 7.52. The summed E-state index contributed by atoms with van der Waals surface area (Å²) >= 11 is 0. The zero-order chi connectivity index (χ0) is 21.3. The summed E-state index contributed by atoms with van der Waals surface area (Å²) < 4.78 is 2.19. The van der Waals surface area contributed by atoms with Crippen LogP contribution in [0.2, 0.25) is 0 Å². The normalized spacial score (nSPS) is 11.7. The fourth-order valence-corrected chi connectivity index (χ4v) is 3.52. The molecule has 3 aromatic rings. The molecule has 2 heterocycles. The summed E-state index contributed by atoms with van der Waals surface area (Å²) in [6.07, 6.45) is 15.8. The van der Waals surface area contributed by atoms with Crippen LogP contribution in [0.1, 0.15) is 25.0 Å². The summed E-state index contributed by atoms with van der Waals surface area (Å²) in [7, 11) is 0. The van der Waals surface area contributed by atoms with Crippen LogP contribution in [0.5, 0.6) is 0 Å². The molecule has 0 aliphatic rings. The molecule has 3 rings (SSSR count). The van der Waals surface area contributed by atoms with Gasteiger partial charge in [0.1, 0.15) is 0 Å². The smallest absolute Gasteiger partial charge is 0.227 e. The highest BCUT2D eigenvalue weighted by Crippen LogP contribution is 2.23. The first-order valence-corrected chi connectivity index (χ1v) is 10.3. The van der Waals surface area contributed by atoms with E-state index in [2.05, 4.69) is 54.4 Å². The monoisotopic (exact) mass is 399 g/mol. The van der Waals surface area contributed by atoms with Crippen molar-refractivity contribution >= 4 is 16.8 Å². The Bertz CT molecular complexity index is 1040. The summed E-state index contributed by atoms with van der Waals surface area (Å²) in [5, 5.41) is 1.13. The van der Waals surface area contributed by atoms with E-state index in [1.54, 1.807) is 18.5 Å². The molecule has 4 heteroatoms. The van der Waals surface area contributed by atoms with Crippen molar-refractivity contribution in [1.29, 1.82) is 0 Å². The fraction of sp³-hybridized carbons (Fsp3) is 0.231. The minimum absolute atomic E-state index is 0.124. The number of para-hydroxylation sites is 1. The van der Waals surface area contributed by atoms with E-state index in [1.165, 1.54) is 0 Å². The van der Waals surface area contributed by atoms with Gasteiger partial charge >= 0.3 is 0 Å². The standard InChI is InChI=1S/C26H29N3O/c1-4-5-6-7-10-17-28-20-23(24-11-8-9-12-25(24)28)18-26(30)29(21(2)3)19-22-13-15-27-16-14-22/h4-16,20-21H,1,17-19H2,2-3H3/b6-5-,10-7+. The lowest BCUT2D eigenvalue weighted by molar-refractivity contribution is -0.132. The van der Waals surface area contributed by atoms with Gasteiger partial charge in [0.25, 0.3) is 0 Å². The van der Waals surface area contributed by atoms with Gasteiger partial charge in [0, 0.05) is 48.6 Å². The van der Waals surface area contributed by atoms with Crippen molar-refractivity contribution in [1.82, 2.24) is 14.5 Å². The molecule has 0 atom stereocenters. The van der Waals surface area contributed by atoms with Crippen LogP contribution in [0.15, 0.2) is 91.9 Å². The molecule has 2 aromatic heterocycles. The van der Waals surface area contributed by atoms with Gasteiger partial charge in [-0.05, 0) is 43.2 Å². The molecule has 0 unspecified atom stereocenters. The van der Waals surface area contributed by atoms with Gasteiger partial charge in [-0.2, -0.15) is 0 Å². The topological polar surface area (TPSA) is 38.1 Å². The Morgan fingerprint density at radius 1 is 1.13 bits per heavy atom. The lowest BCUT2D eigenvalue weighted by Crippen LogP contribution is -2.37. The SMILES string of the molecule is C=C/C=C\C=C\Cn1cc(CC(=O)N(Cc2ccncc2)C(C)C)c2ccccc21. The number of pyridine rings is 1. The summed E-state index contributed by atoms with van der Waals surface area (Å²) in [6, 6.07) is 12.3. The highest BCUT2D eigenvalue weighted by molar-refractivity contribution is 5.89. The summed E-state index contributed by atoms with van der Waals surface area (Å²) in [5.41, 5.74) is 3.29. The Morgan fingerprint density at radius 3 is 2.63 bits per heavy atom. The second kappa shape index (κ2) is 10.4. The van der Waals surface area contributed by atoms with E-state index in [-0.39, 0.29) is 11.9 Å². The summed E-state index contributed by atoms with van der Waals surface area (Å²) in [5.74, 6) is 0.133. The van der Waals surface area contributed by atoms with Gasteiger partial charge in [0.05, 0.1) is 6.42 Å². The van der Waals surface area contributed by atoms with Crippen molar-refractivity contribution in [2.45, 2.75) is 39.4 Å². The number of hydrogen-bond acceptors (Lipinski definition) is 2. The van der Waals surface area contributed by atoms with Crippen molar-refractivity contribution < 1.29 is 4.79 Å². The molecule has 154 valence electrons. The Kier molecular flexibility index (Phi) is 7.39. The number of allylic oxidation sites excluding steroid dienone is 5. The molecule has 0 fully saturated rings. The number of hydrogen-bond donors (Lipinski definition) is 0. The first kappa shape index (κ1) is 21.3. The number of benzene rings is 1. The Morgan fingerprint density at radius 2 is 1.90 bits per heavy atom. The van der Waals surface area contributed by atoms with Crippen molar-refractivity contribution in [3.05, 3.63) is 103 Å². The van der Waals surface area contributed by atoms with Crippen LogP contribution in [-0.2, 0) is 24.3 Å². The van der Waals surface area contributed by atoms with Gasteiger partial charge in [0.15, 0.2) is 0 Å². The molecule has 1 amide bonds. The van der Waals surface area contributed by atoms with Crippen LogP contribution in [0.3, 0.4) is 0 Å². The first-order chi connectivity index (χ1) is 14.6. The minimum atomic E-state index is 0.124. The van der Waals surface area contributed by atoms with Gasteiger partial charge < -0.3 is 9.47 Å². The van der Waals surface area contributed by atoms with Crippen LogP contribution in [0.4, 0.5) is 0 Å². The van der Waals surface area contributed by atoms with Crippen LogP contribution in [-0.4, -0.2) is 26.4 Å². The lowest BCUT2D eigenvalue weighted by Gasteiger charge is -2.27. The van der Waals surface area contributed by atoms with Gasteiger partial charge in [-0.1, -0.05) is 55.2 Å². The maximum atomic E-state index is 13.2. The van der Waals surface area contributed by atoms with Crippen molar-refractivity contribution in [3.8, 4) is 0 Å². The zero-order valence-electron chi connectivity index (χ0n) is 17.7. The van der Waals surface area contributed by atoms with Crippen LogP contribution < -0.4 is 0 Å². The quantitative estimate of drug-likeness (QED) is 0.457. The highest BCUT2D eigenvalue weighted by atomic mass is 16.2. The average molecular weight is 400 g/mol. The number of aromatic nitrogens is 2. The van der Waals surface area contributed by atoms with Crippen LogP contribution >= 0.6 is 0 Å². The fourth-order valence-electron chi connectivity index (χ4n) is 3.52. The van der Waals surface area contributed by atoms with Crippen LogP contribution in [0, 0.1) is 0 Å². The third-order valence-electron chi connectivity index (χ3n) is 5.06. The summed E-state index contributed by atoms with van der Waals surface area (Å²) in [4.78, 5) is 19.2. The molecule has 0 bridgehead atoms. The second-order valence-electron chi connectivity index (χ2n) is 7.52. The van der Waals surface area contributed by atoms with E-state index in [0.29, 0.717) is 13.0 Å². The Balaban J connectivity index is 1.81. The molecule has 0 saturated carbocycles. The third-order valence-corrected chi connectivity index (χ3v) is 5.06. The van der Waals surface area contributed by atoms with E-state index in [1.807, 2.05) is 47.4 Å². The van der Waals surface area contributed by atoms with Gasteiger partial charge in [-0.25, -0.2) is 0 Å². The predicted molar refractivity (Wildman–Crippen MR) is 124 cm³/mol. The van der Waals surface area contributed by atoms with E-state index in [4.69, 9.17) is 0 Å². The van der Waals surface area contributed by atoms with Gasteiger partial charge in [-0.3, -0.25) is 9.78 Å². The number of carbonyl (C=O) groups is 1. The molecule has 0 N–H and O–H groups in total. The zero-order valence-corrected chi connectivity index (χ0v) is 17.7. The molecule has 0 radical (unpaired) electrons. The van der Waals surface area contributed by atoms with Crippen LogP contribution in [0.25, 0.3) is 10.9 Å².